The molecule has 96 valence electrons. The summed E-state index contributed by atoms with van der Waals surface area (Å²) in [6.07, 6.45) is -5.12. The van der Waals surface area contributed by atoms with E-state index in [1.165, 1.54) is 25.3 Å². The Morgan fingerprint density at radius 3 is 2.41 bits per heavy atom. The van der Waals surface area contributed by atoms with Crippen LogP contribution in [0.5, 0.6) is 11.5 Å². The maximum Gasteiger partial charge on any atom is 0.422 e. The highest BCUT2D eigenvalue weighted by molar-refractivity contribution is 5.43. The quantitative estimate of drug-likeness (QED) is 0.892. The van der Waals surface area contributed by atoms with E-state index >= 15 is 0 Å². The summed E-state index contributed by atoms with van der Waals surface area (Å²) in [5.74, 6) is 0.155. The van der Waals surface area contributed by atoms with Gasteiger partial charge in [-0.25, -0.2) is 0 Å². The fourth-order valence-corrected chi connectivity index (χ4v) is 1.22. The smallest absolute Gasteiger partial charge is 0.422 e. The summed E-state index contributed by atoms with van der Waals surface area (Å²) in [4.78, 5) is 0. The summed E-state index contributed by atoms with van der Waals surface area (Å²) < 4.78 is 45.4. The molecule has 1 N–H and O–H groups in total. The molecule has 0 fully saturated rings. The zero-order chi connectivity index (χ0) is 13.1. The Morgan fingerprint density at radius 2 is 1.94 bits per heavy atom. The lowest BCUT2D eigenvalue weighted by molar-refractivity contribution is -0.153. The average molecular weight is 250 g/mol. The van der Waals surface area contributed by atoms with Crippen molar-refractivity contribution in [1.82, 2.24) is 0 Å². The molecule has 0 unspecified atom stereocenters. The molecular weight excluding hydrogens is 237 g/mol. The molecule has 0 saturated carbocycles. The standard InChI is InChI=1S/C11H13F3O3/c1-7(15)8-3-4-9(10(5-8)16-2)17-6-11(12,13)14/h3-5,7,15H,6H2,1-2H3/t7-/m0/s1. The van der Waals surface area contributed by atoms with E-state index in [4.69, 9.17) is 4.74 Å². The van der Waals surface area contributed by atoms with Crippen molar-refractivity contribution in [3.05, 3.63) is 23.8 Å². The van der Waals surface area contributed by atoms with Gasteiger partial charge in [-0.05, 0) is 24.6 Å². The van der Waals surface area contributed by atoms with Gasteiger partial charge in [-0.3, -0.25) is 0 Å². The molecule has 1 rings (SSSR count). The summed E-state index contributed by atoms with van der Waals surface area (Å²) in [6.45, 7) is 0.169. The minimum Gasteiger partial charge on any atom is -0.493 e. The normalized spacial score (nSPS) is 13.3. The summed E-state index contributed by atoms with van der Waals surface area (Å²) in [5, 5.41) is 9.32. The Kier molecular flexibility index (Phi) is 4.22. The number of rotatable bonds is 4. The van der Waals surface area contributed by atoms with Crippen LogP contribution in [0.1, 0.15) is 18.6 Å². The fraction of sp³-hybridized carbons (Fsp3) is 0.455. The van der Waals surface area contributed by atoms with Gasteiger partial charge in [-0.15, -0.1) is 0 Å². The SMILES string of the molecule is COc1cc([C@H](C)O)ccc1OCC(F)(F)F. The minimum absolute atomic E-state index is 0.00535. The van der Waals surface area contributed by atoms with Gasteiger partial charge in [-0.1, -0.05) is 6.07 Å². The van der Waals surface area contributed by atoms with Crippen molar-refractivity contribution in [3.63, 3.8) is 0 Å². The molecule has 0 spiro atoms. The van der Waals surface area contributed by atoms with Crippen molar-refractivity contribution in [2.24, 2.45) is 0 Å². The first-order valence-corrected chi connectivity index (χ1v) is 4.89. The van der Waals surface area contributed by atoms with Crippen LogP contribution in [0.4, 0.5) is 13.2 Å². The van der Waals surface area contributed by atoms with E-state index in [1.54, 1.807) is 6.92 Å². The zero-order valence-electron chi connectivity index (χ0n) is 9.41. The molecular formula is C11H13F3O3. The van der Waals surface area contributed by atoms with Crippen LogP contribution in [0.25, 0.3) is 0 Å². The molecule has 0 radical (unpaired) electrons. The number of hydrogen-bond donors (Lipinski definition) is 1. The number of ether oxygens (including phenoxy) is 2. The first kappa shape index (κ1) is 13.6. The highest BCUT2D eigenvalue weighted by Gasteiger charge is 2.29. The molecule has 0 bridgehead atoms. The molecule has 0 aromatic heterocycles. The van der Waals surface area contributed by atoms with Crippen LogP contribution in [0.15, 0.2) is 18.2 Å². The highest BCUT2D eigenvalue weighted by Crippen LogP contribution is 2.31. The third-order valence-corrected chi connectivity index (χ3v) is 2.06. The predicted octanol–water partition coefficient (Wildman–Crippen LogP) is 2.69. The molecule has 1 atom stereocenters. The predicted molar refractivity (Wildman–Crippen MR) is 55.2 cm³/mol. The number of hydrogen-bond acceptors (Lipinski definition) is 3. The summed E-state index contributed by atoms with van der Waals surface area (Å²) in [6, 6.07) is 4.27. The van der Waals surface area contributed by atoms with Gasteiger partial charge in [0, 0.05) is 0 Å². The third kappa shape index (κ3) is 4.14. The molecule has 0 saturated heterocycles. The fourth-order valence-electron chi connectivity index (χ4n) is 1.22. The lowest BCUT2D eigenvalue weighted by atomic mass is 10.1. The number of aliphatic hydroxyl groups is 1. The lowest BCUT2D eigenvalue weighted by Crippen LogP contribution is -2.19. The van der Waals surface area contributed by atoms with E-state index < -0.39 is 18.9 Å². The van der Waals surface area contributed by atoms with E-state index in [2.05, 4.69) is 4.74 Å². The molecule has 0 heterocycles. The number of methoxy groups -OCH3 is 1. The minimum atomic E-state index is -4.39. The second kappa shape index (κ2) is 5.27. The molecule has 1 aromatic carbocycles. The Hall–Kier alpha value is -1.43. The Balaban J connectivity index is 2.86. The number of alkyl halides is 3. The average Bonchev–Trinajstić information content (AvgIpc) is 2.24. The van der Waals surface area contributed by atoms with Gasteiger partial charge in [0.1, 0.15) is 0 Å². The van der Waals surface area contributed by atoms with E-state index in [0.717, 1.165) is 0 Å². The summed E-state index contributed by atoms with van der Waals surface area (Å²) >= 11 is 0. The van der Waals surface area contributed by atoms with Crippen LogP contribution in [0.3, 0.4) is 0 Å². The monoisotopic (exact) mass is 250 g/mol. The van der Waals surface area contributed by atoms with Crippen molar-refractivity contribution >= 4 is 0 Å². The first-order chi connectivity index (χ1) is 7.83. The van der Waals surface area contributed by atoms with E-state index in [9.17, 15) is 18.3 Å². The second-order valence-corrected chi connectivity index (χ2v) is 3.49. The Labute approximate surface area is 96.8 Å². The lowest BCUT2D eigenvalue weighted by Gasteiger charge is -2.14. The van der Waals surface area contributed by atoms with Gasteiger partial charge in [0.05, 0.1) is 13.2 Å². The second-order valence-electron chi connectivity index (χ2n) is 3.49. The number of aliphatic hydroxyl groups excluding tert-OH is 1. The maximum absolute atomic E-state index is 12.0. The topological polar surface area (TPSA) is 38.7 Å². The molecule has 3 nitrogen and oxygen atoms in total. The van der Waals surface area contributed by atoms with Crippen LogP contribution in [0, 0.1) is 0 Å². The molecule has 1 aromatic rings. The maximum atomic E-state index is 12.0. The molecule has 0 aliphatic rings. The van der Waals surface area contributed by atoms with Gasteiger partial charge in [-0.2, -0.15) is 13.2 Å². The van der Waals surface area contributed by atoms with Crippen LogP contribution in [-0.2, 0) is 0 Å². The van der Waals surface area contributed by atoms with Crippen molar-refractivity contribution in [3.8, 4) is 11.5 Å². The highest BCUT2D eigenvalue weighted by atomic mass is 19.4. The van der Waals surface area contributed by atoms with Crippen LogP contribution < -0.4 is 9.47 Å². The van der Waals surface area contributed by atoms with Gasteiger partial charge < -0.3 is 14.6 Å². The molecule has 0 aliphatic heterocycles. The van der Waals surface area contributed by atoms with E-state index in [1.807, 2.05) is 0 Å². The number of benzene rings is 1. The largest absolute Gasteiger partial charge is 0.493 e. The van der Waals surface area contributed by atoms with Gasteiger partial charge in [0.25, 0.3) is 0 Å². The van der Waals surface area contributed by atoms with Gasteiger partial charge in [0.2, 0.25) is 0 Å². The summed E-state index contributed by atoms with van der Waals surface area (Å²) in [5.41, 5.74) is 0.543. The van der Waals surface area contributed by atoms with Crippen LogP contribution >= 0.6 is 0 Å². The molecule has 0 aliphatic carbocycles. The van der Waals surface area contributed by atoms with E-state index in [-0.39, 0.29) is 11.5 Å². The molecule has 6 heteroatoms. The Bertz CT molecular complexity index is 375. The summed E-state index contributed by atoms with van der Waals surface area (Å²) in [7, 11) is 1.32. The van der Waals surface area contributed by atoms with Crippen molar-refractivity contribution in [1.29, 1.82) is 0 Å². The van der Waals surface area contributed by atoms with Crippen molar-refractivity contribution < 1.29 is 27.8 Å². The first-order valence-electron chi connectivity index (χ1n) is 4.89. The van der Waals surface area contributed by atoms with Crippen LogP contribution in [-0.4, -0.2) is 25.0 Å². The van der Waals surface area contributed by atoms with E-state index in [0.29, 0.717) is 5.56 Å². The van der Waals surface area contributed by atoms with Gasteiger partial charge >= 0.3 is 6.18 Å². The zero-order valence-corrected chi connectivity index (χ0v) is 9.41. The van der Waals surface area contributed by atoms with Crippen LogP contribution in [0.2, 0.25) is 0 Å². The number of halogens is 3. The third-order valence-electron chi connectivity index (χ3n) is 2.06. The van der Waals surface area contributed by atoms with Crippen molar-refractivity contribution in [2.45, 2.75) is 19.2 Å². The van der Waals surface area contributed by atoms with Crippen molar-refractivity contribution in [2.75, 3.05) is 13.7 Å². The van der Waals surface area contributed by atoms with Gasteiger partial charge in [0.15, 0.2) is 18.1 Å². The Morgan fingerprint density at radius 1 is 1.29 bits per heavy atom. The molecule has 17 heavy (non-hydrogen) atoms. The molecule has 0 amide bonds.